The lowest BCUT2D eigenvalue weighted by molar-refractivity contribution is -0.115. The number of rotatable bonds is 5. The van der Waals surface area contributed by atoms with Crippen molar-refractivity contribution in [1.29, 1.82) is 0 Å². The number of aromatic amines is 2. The lowest BCUT2D eigenvalue weighted by Gasteiger charge is -2.11. The fourth-order valence-electron chi connectivity index (χ4n) is 2.60. The van der Waals surface area contributed by atoms with Crippen LogP contribution in [0.1, 0.15) is 6.92 Å². The standard InChI is InChI=1S/C17H16N6O3S/c1-9(27-17-22-21-14(23(17)2)13-4-3-7-26-13)15(24)18-10-5-6-11-12(8-10)20-16(25)19-11/h3-9H,1-2H3,(H,18,24)(H2,19,20,25)/t9-/m0/s1. The third-order valence-corrected chi connectivity index (χ3v) is 5.15. The van der Waals surface area contributed by atoms with Gasteiger partial charge in [-0.1, -0.05) is 11.8 Å². The van der Waals surface area contributed by atoms with E-state index in [4.69, 9.17) is 4.42 Å². The zero-order chi connectivity index (χ0) is 19.0. The van der Waals surface area contributed by atoms with Crippen LogP contribution in [0.5, 0.6) is 0 Å². The number of H-pyrrole nitrogens is 2. The van der Waals surface area contributed by atoms with E-state index in [1.165, 1.54) is 11.8 Å². The molecule has 27 heavy (non-hydrogen) atoms. The number of hydrogen-bond acceptors (Lipinski definition) is 6. The maximum atomic E-state index is 12.5. The fourth-order valence-corrected chi connectivity index (χ4v) is 3.42. The first-order valence-electron chi connectivity index (χ1n) is 8.14. The number of nitrogens with zero attached hydrogens (tertiary/aromatic N) is 3. The van der Waals surface area contributed by atoms with Crippen molar-refractivity contribution in [3.05, 3.63) is 47.1 Å². The molecule has 3 aromatic heterocycles. The van der Waals surface area contributed by atoms with E-state index in [1.807, 2.05) is 7.05 Å². The van der Waals surface area contributed by atoms with Crippen LogP contribution in [-0.4, -0.2) is 35.9 Å². The van der Waals surface area contributed by atoms with Crippen LogP contribution in [0.3, 0.4) is 0 Å². The molecule has 0 aliphatic heterocycles. The predicted octanol–water partition coefficient (Wildman–Crippen LogP) is 2.36. The summed E-state index contributed by atoms with van der Waals surface area (Å²) in [6, 6.07) is 8.76. The van der Waals surface area contributed by atoms with Crippen LogP contribution in [0.25, 0.3) is 22.6 Å². The minimum Gasteiger partial charge on any atom is -0.461 e. The van der Waals surface area contributed by atoms with Gasteiger partial charge in [0.1, 0.15) is 0 Å². The lowest BCUT2D eigenvalue weighted by Crippen LogP contribution is -2.22. The molecule has 0 unspecified atom stereocenters. The van der Waals surface area contributed by atoms with Crippen molar-refractivity contribution >= 4 is 34.4 Å². The molecule has 0 saturated heterocycles. The van der Waals surface area contributed by atoms with Crippen LogP contribution in [-0.2, 0) is 11.8 Å². The van der Waals surface area contributed by atoms with Gasteiger partial charge in [0.2, 0.25) is 5.91 Å². The predicted molar refractivity (Wildman–Crippen MR) is 102 cm³/mol. The van der Waals surface area contributed by atoms with Gasteiger partial charge >= 0.3 is 5.69 Å². The average Bonchev–Trinajstić information content (AvgIpc) is 3.35. The molecule has 0 aliphatic rings. The summed E-state index contributed by atoms with van der Waals surface area (Å²) in [6.07, 6.45) is 1.57. The number of carbonyl (C=O) groups is 1. The molecule has 9 nitrogen and oxygen atoms in total. The largest absolute Gasteiger partial charge is 0.461 e. The number of amides is 1. The highest BCUT2D eigenvalue weighted by Gasteiger charge is 2.20. The molecule has 10 heteroatoms. The molecule has 0 fully saturated rings. The number of fused-ring (bicyclic) bond motifs is 1. The summed E-state index contributed by atoms with van der Waals surface area (Å²) in [5.41, 5.74) is 1.64. The van der Waals surface area contributed by atoms with E-state index in [-0.39, 0.29) is 11.6 Å². The Balaban J connectivity index is 1.46. The molecule has 3 heterocycles. The minimum absolute atomic E-state index is 0.181. The van der Waals surface area contributed by atoms with Gasteiger partial charge in [-0.2, -0.15) is 0 Å². The van der Waals surface area contributed by atoms with Crippen molar-refractivity contribution in [3.63, 3.8) is 0 Å². The van der Waals surface area contributed by atoms with Gasteiger partial charge in [0.25, 0.3) is 0 Å². The van der Waals surface area contributed by atoms with E-state index in [0.717, 1.165) is 0 Å². The molecule has 0 aliphatic carbocycles. The third-order valence-electron chi connectivity index (χ3n) is 4.01. The Morgan fingerprint density at radius 1 is 1.26 bits per heavy atom. The smallest absolute Gasteiger partial charge is 0.323 e. The summed E-state index contributed by atoms with van der Waals surface area (Å²) < 4.78 is 7.12. The first-order valence-corrected chi connectivity index (χ1v) is 9.02. The first-order chi connectivity index (χ1) is 13.0. The van der Waals surface area contributed by atoms with E-state index in [2.05, 4.69) is 25.5 Å². The molecule has 1 aromatic carbocycles. The quantitative estimate of drug-likeness (QED) is 0.454. The second kappa shape index (κ2) is 6.80. The molecule has 4 rings (SSSR count). The van der Waals surface area contributed by atoms with Crippen molar-refractivity contribution in [1.82, 2.24) is 24.7 Å². The summed E-state index contributed by atoms with van der Waals surface area (Å²) >= 11 is 1.30. The summed E-state index contributed by atoms with van der Waals surface area (Å²) in [7, 11) is 1.82. The van der Waals surface area contributed by atoms with Crippen molar-refractivity contribution in [2.24, 2.45) is 7.05 Å². The van der Waals surface area contributed by atoms with Gasteiger partial charge in [-0.05, 0) is 37.3 Å². The van der Waals surface area contributed by atoms with E-state index in [9.17, 15) is 9.59 Å². The van der Waals surface area contributed by atoms with Gasteiger partial charge in [-0.25, -0.2) is 4.79 Å². The van der Waals surface area contributed by atoms with E-state index >= 15 is 0 Å². The molecule has 138 valence electrons. The third kappa shape index (κ3) is 3.38. The molecule has 0 radical (unpaired) electrons. The Labute approximate surface area is 157 Å². The average molecular weight is 384 g/mol. The fraction of sp³-hybridized carbons (Fsp3) is 0.176. The Bertz CT molecular complexity index is 1160. The van der Waals surface area contributed by atoms with Gasteiger partial charge in [0.05, 0.1) is 22.5 Å². The number of nitrogens with one attached hydrogen (secondary N) is 3. The normalized spacial score (nSPS) is 12.4. The summed E-state index contributed by atoms with van der Waals surface area (Å²) in [6.45, 7) is 1.79. The van der Waals surface area contributed by atoms with Crippen LogP contribution < -0.4 is 11.0 Å². The maximum Gasteiger partial charge on any atom is 0.323 e. The summed E-state index contributed by atoms with van der Waals surface area (Å²) in [5.74, 6) is 1.03. The van der Waals surface area contributed by atoms with Gasteiger partial charge in [-0.15, -0.1) is 10.2 Å². The molecule has 0 spiro atoms. The van der Waals surface area contributed by atoms with Gasteiger partial charge in [0.15, 0.2) is 16.7 Å². The highest BCUT2D eigenvalue weighted by atomic mass is 32.2. The second-order valence-corrected chi connectivity index (χ2v) is 7.24. The number of aromatic nitrogens is 5. The van der Waals surface area contributed by atoms with Crippen molar-refractivity contribution in [2.45, 2.75) is 17.3 Å². The number of hydrogen-bond donors (Lipinski definition) is 3. The van der Waals surface area contributed by atoms with E-state index in [0.29, 0.717) is 33.5 Å². The van der Waals surface area contributed by atoms with Crippen molar-refractivity contribution < 1.29 is 9.21 Å². The van der Waals surface area contributed by atoms with E-state index < -0.39 is 5.25 Å². The lowest BCUT2D eigenvalue weighted by atomic mass is 10.2. The van der Waals surface area contributed by atoms with Crippen molar-refractivity contribution in [3.8, 4) is 11.6 Å². The van der Waals surface area contributed by atoms with Crippen LogP contribution in [0.15, 0.2) is 51.0 Å². The Morgan fingerprint density at radius 3 is 2.85 bits per heavy atom. The van der Waals surface area contributed by atoms with Crippen LogP contribution in [0.2, 0.25) is 0 Å². The minimum atomic E-state index is -0.404. The first kappa shape index (κ1) is 17.2. The molecular formula is C17H16N6O3S. The monoisotopic (exact) mass is 384 g/mol. The Morgan fingerprint density at radius 2 is 2.07 bits per heavy atom. The molecule has 3 N–H and O–H groups in total. The van der Waals surface area contributed by atoms with E-state index in [1.54, 1.807) is 48.1 Å². The number of carbonyl (C=O) groups excluding carboxylic acids is 1. The maximum absolute atomic E-state index is 12.5. The zero-order valence-corrected chi connectivity index (χ0v) is 15.3. The van der Waals surface area contributed by atoms with Crippen LogP contribution in [0.4, 0.5) is 5.69 Å². The van der Waals surface area contributed by atoms with Gasteiger partial charge < -0.3 is 24.3 Å². The molecule has 4 aromatic rings. The SMILES string of the molecule is C[C@H](Sc1nnc(-c2ccco2)n1C)C(=O)Nc1ccc2[nH]c(=O)[nH]c2c1. The second-order valence-electron chi connectivity index (χ2n) is 5.93. The number of benzene rings is 1. The highest BCUT2D eigenvalue weighted by molar-refractivity contribution is 8.00. The Kier molecular flexibility index (Phi) is 4.32. The number of thioether (sulfide) groups is 1. The molecule has 1 atom stereocenters. The number of anilines is 1. The van der Waals surface area contributed by atoms with Crippen LogP contribution >= 0.6 is 11.8 Å². The topological polar surface area (TPSA) is 122 Å². The summed E-state index contributed by atoms with van der Waals surface area (Å²) in [5, 5.41) is 11.3. The molecule has 0 saturated carbocycles. The molecular weight excluding hydrogens is 368 g/mol. The molecule has 0 bridgehead atoms. The van der Waals surface area contributed by atoms with Gasteiger partial charge in [0, 0.05) is 12.7 Å². The molecule has 1 amide bonds. The summed E-state index contributed by atoms with van der Waals surface area (Å²) in [4.78, 5) is 29.2. The zero-order valence-electron chi connectivity index (χ0n) is 14.5. The number of furan rings is 1. The Hall–Kier alpha value is -3.27. The number of imidazole rings is 1. The highest BCUT2D eigenvalue weighted by Crippen LogP contribution is 2.26. The van der Waals surface area contributed by atoms with Crippen LogP contribution in [0, 0.1) is 0 Å². The van der Waals surface area contributed by atoms with Gasteiger partial charge in [-0.3, -0.25) is 4.79 Å². The van der Waals surface area contributed by atoms with Crippen molar-refractivity contribution in [2.75, 3.05) is 5.32 Å².